The average Bonchev–Trinajstić information content (AvgIpc) is 2.75. The Labute approximate surface area is 192 Å². The van der Waals surface area contributed by atoms with Gasteiger partial charge in [-0.15, -0.1) is 0 Å². The minimum Gasteiger partial charge on any atom is -0.380 e. The van der Waals surface area contributed by atoms with E-state index in [9.17, 15) is 9.59 Å². The van der Waals surface area contributed by atoms with Gasteiger partial charge in [0.2, 0.25) is 0 Å². The first-order valence-electron chi connectivity index (χ1n) is 11.3. The lowest BCUT2D eigenvalue weighted by molar-refractivity contribution is -0.120. The lowest BCUT2D eigenvalue weighted by Gasteiger charge is -2.62. The summed E-state index contributed by atoms with van der Waals surface area (Å²) in [4.78, 5) is 25.2. The minimum atomic E-state index is -0.254. The fourth-order valence-corrected chi connectivity index (χ4v) is 6.02. The van der Waals surface area contributed by atoms with Gasteiger partial charge in [-0.1, -0.05) is 51.1 Å². The molecule has 0 unspecified atom stereocenters. The van der Waals surface area contributed by atoms with Crippen LogP contribution in [0, 0.1) is 23.2 Å². The van der Waals surface area contributed by atoms with Crippen LogP contribution in [0.25, 0.3) is 0 Å². The number of hydrogen-bond donors (Lipinski definition) is 1. The van der Waals surface area contributed by atoms with Crippen LogP contribution in [-0.4, -0.2) is 21.6 Å². The number of benzene rings is 1. The molecule has 31 heavy (non-hydrogen) atoms. The Kier molecular flexibility index (Phi) is 6.38. The molecule has 0 aliphatic heterocycles. The van der Waals surface area contributed by atoms with Crippen LogP contribution in [0.15, 0.2) is 45.8 Å². The second kappa shape index (κ2) is 8.89. The monoisotopic (exact) mass is 485 g/mol. The van der Waals surface area contributed by atoms with Gasteiger partial charge in [0.1, 0.15) is 11.0 Å². The molecule has 3 aliphatic rings. The van der Waals surface area contributed by atoms with Gasteiger partial charge in [-0.3, -0.25) is 9.59 Å². The third-order valence-electron chi connectivity index (χ3n) is 7.77. The molecule has 0 radical (unpaired) electrons. The zero-order valence-electron chi connectivity index (χ0n) is 18.6. The SMILES string of the molecule is C[C@@H]1[C@H]2C[C@@H](C[C@H]1Nc1cnn(CC(=O)CCCc3ccccc3)c(=O)c1Br)C2(C)C. The van der Waals surface area contributed by atoms with Gasteiger partial charge >= 0.3 is 0 Å². The molecule has 3 saturated carbocycles. The summed E-state index contributed by atoms with van der Waals surface area (Å²) in [5.74, 6) is 2.05. The summed E-state index contributed by atoms with van der Waals surface area (Å²) >= 11 is 3.45. The van der Waals surface area contributed by atoms with E-state index in [1.54, 1.807) is 6.20 Å². The van der Waals surface area contributed by atoms with Crippen LogP contribution in [0.5, 0.6) is 0 Å². The van der Waals surface area contributed by atoms with Gasteiger partial charge < -0.3 is 5.32 Å². The smallest absolute Gasteiger partial charge is 0.283 e. The van der Waals surface area contributed by atoms with Crippen LogP contribution in [0.3, 0.4) is 0 Å². The number of halogens is 1. The molecule has 2 aromatic rings. The topological polar surface area (TPSA) is 64.0 Å². The predicted octanol–water partition coefficient (Wildman–Crippen LogP) is 5.08. The zero-order valence-corrected chi connectivity index (χ0v) is 20.2. The summed E-state index contributed by atoms with van der Waals surface area (Å²) in [6.07, 6.45) is 6.20. The summed E-state index contributed by atoms with van der Waals surface area (Å²) in [6.45, 7) is 7.10. The third-order valence-corrected chi connectivity index (χ3v) is 8.54. The molecule has 0 spiro atoms. The maximum atomic E-state index is 12.8. The van der Waals surface area contributed by atoms with Crippen LogP contribution in [0.2, 0.25) is 0 Å². The Morgan fingerprint density at radius 1 is 1.26 bits per heavy atom. The number of aryl methyl sites for hydroxylation is 1. The number of fused-ring (bicyclic) bond motifs is 2. The highest BCUT2D eigenvalue weighted by molar-refractivity contribution is 9.10. The number of nitrogens with one attached hydrogen (secondary N) is 1. The number of carbonyl (C=O) groups is 1. The van der Waals surface area contributed by atoms with E-state index in [-0.39, 0.29) is 17.9 Å². The average molecular weight is 486 g/mol. The van der Waals surface area contributed by atoms with Crippen molar-refractivity contribution in [1.82, 2.24) is 9.78 Å². The number of ketones is 1. The number of anilines is 1. The van der Waals surface area contributed by atoms with E-state index in [0.717, 1.165) is 36.8 Å². The van der Waals surface area contributed by atoms with E-state index in [0.29, 0.717) is 28.3 Å². The molecule has 6 heteroatoms. The standard InChI is InChI=1S/C25H32BrN3O2/c1-16-20-12-18(25(20,2)3)13-21(16)28-22-14-27-29(24(31)23(22)26)15-19(30)11-7-10-17-8-5-4-6-9-17/h4-6,8-9,14,16,18,20-21,28H,7,10-13,15H2,1-3H3/t16-,18+,20-,21-/m1/s1. The normalized spacial score (nSPS) is 26.2. The Morgan fingerprint density at radius 3 is 2.68 bits per heavy atom. The molecule has 5 nitrogen and oxygen atoms in total. The van der Waals surface area contributed by atoms with Crippen molar-refractivity contribution in [2.75, 3.05) is 5.32 Å². The Morgan fingerprint density at radius 2 is 2.00 bits per heavy atom. The Bertz CT molecular complexity index is 1000. The van der Waals surface area contributed by atoms with Crippen molar-refractivity contribution < 1.29 is 4.79 Å². The summed E-state index contributed by atoms with van der Waals surface area (Å²) in [7, 11) is 0. The molecule has 3 fully saturated rings. The molecular formula is C25H32BrN3O2. The van der Waals surface area contributed by atoms with Crippen LogP contribution < -0.4 is 10.9 Å². The van der Waals surface area contributed by atoms with E-state index in [2.05, 4.69) is 59.2 Å². The van der Waals surface area contributed by atoms with Crippen LogP contribution >= 0.6 is 15.9 Å². The first-order chi connectivity index (χ1) is 14.8. The highest BCUT2D eigenvalue weighted by Gasteiger charge is 2.56. The van der Waals surface area contributed by atoms with E-state index < -0.39 is 0 Å². The number of Topliss-reactive ketones (excluding diaryl/α,β-unsaturated/α-hetero) is 1. The maximum absolute atomic E-state index is 12.8. The molecule has 1 aromatic heterocycles. The van der Waals surface area contributed by atoms with Crippen molar-refractivity contribution in [2.45, 2.75) is 65.5 Å². The van der Waals surface area contributed by atoms with E-state index in [1.165, 1.54) is 16.7 Å². The van der Waals surface area contributed by atoms with Crippen LogP contribution in [0.1, 0.15) is 52.0 Å². The van der Waals surface area contributed by atoms with Gasteiger partial charge in [0.15, 0.2) is 5.78 Å². The van der Waals surface area contributed by atoms with Gasteiger partial charge in [0, 0.05) is 12.5 Å². The Hall–Kier alpha value is -1.95. The highest BCUT2D eigenvalue weighted by atomic mass is 79.9. The van der Waals surface area contributed by atoms with Crippen LogP contribution in [0.4, 0.5) is 5.69 Å². The quantitative estimate of drug-likeness (QED) is 0.565. The zero-order chi connectivity index (χ0) is 22.2. The number of aromatic nitrogens is 2. The molecular weight excluding hydrogens is 454 g/mol. The van der Waals surface area contributed by atoms with E-state index in [1.807, 2.05) is 18.2 Å². The number of nitrogens with zero attached hydrogens (tertiary/aromatic N) is 2. The molecule has 0 saturated heterocycles. The van der Waals surface area contributed by atoms with E-state index in [4.69, 9.17) is 0 Å². The first kappa shape index (κ1) is 22.3. The largest absolute Gasteiger partial charge is 0.380 e. The molecule has 1 N–H and O–H groups in total. The van der Waals surface area contributed by atoms with Gasteiger partial charge in [-0.2, -0.15) is 5.10 Å². The number of hydrogen-bond acceptors (Lipinski definition) is 4. The minimum absolute atomic E-state index is 0.0185. The number of carbonyl (C=O) groups excluding carboxylic acids is 1. The van der Waals surface area contributed by atoms with Gasteiger partial charge in [0.25, 0.3) is 5.56 Å². The lowest BCUT2D eigenvalue weighted by Crippen LogP contribution is -2.58. The van der Waals surface area contributed by atoms with Crippen molar-refractivity contribution in [3.63, 3.8) is 0 Å². The fourth-order valence-electron chi connectivity index (χ4n) is 5.60. The maximum Gasteiger partial charge on any atom is 0.283 e. The van der Waals surface area contributed by atoms with Gasteiger partial charge in [0.05, 0.1) is 11.9 Å². The molecule has 5 rings (SSSR count). The molecule has 1 heterocycles. The summed E-state index contributed by atoms with van der Waals surface area (Å²) in [5, 5.41) is 7.85. The van der Waals surface area contributed by atoms with Gasteiger partial charge in [-0.05, 0) is 70.3 Å². The van der Waals surface area contributed by atoms with Crippen molar-refractivity contribution >= 4 is 27.4 Å². The van der Waals surface area contributed by atoms with Crippen LogP contribution in [-0.2, 0) is 17.8 Å². The Balaban J connectivity index is 1.34. The summed E-state index contributed by atoms with van der Waals surface area (Å²) < 4.78 is 1.73. The second-order valence-corrected chi connectivity index (χ2v) is 10.7. The molecule has 4 atom stereocenters. The van der Waals surface area contributed by atoms with Crippen molar-refractivity contribution in [1.29, 1.82) is 0 Å². The van der Waals surface area contributed by atoms with E-state index >= 15 is 0 Å². The van der Waals surface area contributed by atoms with Crippen molar-refractivity contribution in [3.05, 3.63) is 56.9 Å². The van der Waals surface area contributed by atoms with Crippen molar-refractivity contribution in [3.8, 4) is 0 Å². The lowest BCUT2D eigenvalue weighted by atomic mass is 9.45. The fraction of sp³-hybridized carbons (Fsp3) is 0.560. The third kappa shape index (κ3) is 4.50. The molecule has 166 valence electrons. The van der Waals surface area contributed by atoms with Gasteiger partial charge in [-0.25, -0.2) is 4.68 Å². The highest BCUT2D eigenvalue weighted by Crippen LogP contribution is 2.61. The van der Waals surface area contributed by atoms with Crippen molar-refractivity contribution in [2.24, 2.45) is 23.2 Å². The molecule has 1 aromatic carbocycles. The molecule has 2 bridgehead atoms. The molecule has 0 amide bonds. The number of rotatable bonds is 8. The second-order valence-electron chi connectivity index (χ2n) is 9.92. The predicted molar refractivity (Wildman–Crippen MR) is 127 cm³/mol. The summed E-state index contributed by atoms with van der Waals surface area (Å²) in [5.41, 5.74) is 2.13. The molecule has 3 aliphatic carbocycles. The summed E-state index contributed by atoms with van der Waals surface area (Å²) in [6, 6.07) is 10.5. The first-order valence-corrected chi connectivity index (χ1v) is 12.1.